The summed E-state index contributed by atoms with van der Waals surface area (Å²) in [4.78, 5) is 13.7. The number of rotatable bonds is 7. The maximum Gasteiger partial charge on any atom is 0.237 e. The molecule has 3 rings (SSSR count). The lowest BCUT2D eigenvalue weighted by molar-refractivity contribution is -0.115. The quantitative estimate of drug-likeness (QED) is 0.620. The van der Waals surface area contributed by atoms with Crippen molar-refractivity contribution >= 4 is 34.7 Å². The third-order valence-corrected chi connectivity index (χ3v) is 6.13. The van der Waals surface area contributed by atoms with Gasteiger partial charge < -0.3 is 9.88 Å². The highest BCUT2D eigenvalue weighted by Crippen LogP contribution is 2.24. The molecular formula is C19H22N4OS2. The molecule has 0 spiro atoms. The van der Waals surface area contributed by atoms with Gasteiger partial charge in [-0.25, -0.2) is 0 Å². The first-order valence-corrected chi connectivity index (χ1v) is 10.3. The summed E-state index contributed by atoms with van der Waals surface area (Å²) >= 11 is 3.13. The Hall–Kier alpha value is -2.12. The first kappa shape index (κ1) is 18.7. The molecule has 1 atom stereocenters. The van der Waals surface area contributed by atoms with Gasteiger partial charge in [-0.3, -0.25) is 4.79 Å². The van der Waals surface area contributed by atoms with Crippen molar-refractivity contribution in [1.29, 1.82) is 0 Å². The van der Waals surface area contributed by atoms with Gasteiger partial charge in [-0.05, 0) is 42.5 Å². The van der Waals surface area contributed by atoms with Crippen LogP contribution in [0.1, 0.15) is 30.1 Å². The standard InChI is InChI=1S/C19H22N4OS2/c1-4-14-7-9-15(10-8-14)20-18(24)13(2)26-19-22-21-17(23(19)3)12-16-6-5-11-25-16/h5-11,13H,4,12H2,1-3H3,(H,20,24)/t13-/m1/s1. The minimum Gasteiger partial charge on any atom is -0.325 e. The molecule has 1 amide bonds. The number of hydrogen-bond donors (Lipinski definition) is 1. The summed E-state index contributed by atoms with van der Waals surface area (Å²) in [7, 11) is 1.94. The second kappa shape index (κ2) is 8.51. The van der Waals surface area contributed by atoms with Gasteiger partial charge >= 0.3 is 0 Å². The number of hydrogen-bond acceptors (Lipinski definition) is 5. The lowest BCUT2D eigenvalue weighted by atomic mass is 10.1. The van der Waals surface area contributed by atoms with Crippen molar-refractivity contribution in [3.8, 4) is 0 Å². The largest absolute Gasteiger partial charge is 0.325 e. The number of nitrogens with one attached hydrogen (secondary N) is 1. The Kier molecular flexibility index (Phi) is 6.11. The highest BCUT2D eigenvalue weighted by molar-refractivity contribution is 8.00. The summed E-state index contributed by atoms with van der Waals surface area (Å²) < 4.78 is 1.96. The molecule has 0 radical (unpaired) electrons. The number of aryl methyl sites for hydroxylation is 1. The number of carbonyl (C=O) groups excluding carboxylic acids is 1. The topological polar surface area (TPSA) is 59.8 Å². The minimum atomic E-state index is -0.265. The summed E-state index contributed by atoms with van der Waals surface area (Å²) in [6, 6.07) is 12.1. The lowest BCUT2D eigenvalue weighted by Gasteiger charge is -2.12. The van der Waals surface area contributed by atoms with Crippen LogP contribution in [-0.4, -0.2) is 25.9 Å². The molecule has 2 heterocycles. The predicted octanol–water partition coefficient (Wildman–Crippen LogP) is 4.15. The van der Waals surface area contributed by atoms with Crippen molar-refractivity contribution in [3.05, 3.63) is 58.0 Å². The molecule has 1 N–H and O–H groups in total. The monoisotopic (exact) mass is 386 g/mol. The average Bonchev–Trinajstić information content (AvgIpc) is 3.28. The Balaban J connectivity index is 1.60. The zero-order valence-corrected chi connectivity index (χ0v) is 16.7. The van der Waals surface area contributed by atoms with Crippen LogP contribution in [0.4, 0.5) is 5.69 Å². The zero-order valence-electron chi connectivity index (χ0n) is 15.1. The van der Waals surface area contributed by atoms with Gasteiger partial charge in [-0.15, -0.1) is 21.5 Å². The number of anilines is 1. The van der Waals surface area contributed by atoms with Gasteiger partial charge in [-0.2, -0.15) is 0 Å². The molecule has 0 aliphatic heterocycles. The Bertz CT molecular complexity index is 856. The fourth-order valence-corrected chi connectivity index (χ4v) is 3.99. The molecule has 0 saturated heterocycles. The van der Waals surface area contributed by atoms with Crippen molar-refractivity contribution < 1.29 is 4.79 Å². The molecule has 136 valence electrons. The molecule has 1 aromatic carbocycles. The summed E-state index contributed by atoms with van der Waals surface area (Å²) in [6.45, 7) is 3.99. The van der Waals surface area contributed by atoms with E-state index in [1.165, 1.54) is 22.2 Å². The molecule has 0 aliphatic carbocycles. The molecule has 7 heteroatoms. The molecule has 0 aliphatic rings. The number of nitrogens with zero attached hydrogens (tertiary/aromatic N) is 3. The Morgan fingerprint density at radius 2 is 2.04 bits per heavy atom. The van der Waals surface area contributed by atoms with Crippen molar-refractivity contribution in [2.45, 2.75) is 37.1 Å². The van der Waals surface area contributed by atoms with Crippen LogP contribution in [0.25, 0.3) is 0 Å². The molecule has 5 nitrogen and oxygen atoms in total. The Morgan fingerprint density at radius 3 is 2.69 bits per heavy atom. The number of aromatic nitrogens is 3. The van der Waals surface area contributed by atoms with E-state index in [9.17, 15) is 4.79 Å². The van der Waals surface area contributed by atoms with Crippen LogP contribution in [-0.2, 0) is 24.7 Å². The first-order valence-electron chi connectivity index (χ1n) is 8.54. The van der Waals surface area contributed by atoms with Crippen LogP contribution < -0.4 is 5.32 Å². The van der Waals surface area contributed by atoms with E-state index in [4.69, 9.17) is 0 Å². The van der Waals surface area contributed by atoms with Gasteiger partial charge in [0, 0.05) is 24.0 Å². The van der Waals surface area contributed by atoms with Gasteiger partial charge in [0.15, 0.2) is 5.16 Å². The maximum absolute atomic E-state index is 12.5. The van der Waals surface area contributed by atoms with Gasteiger partial charge in [-0.1, -0.05) is 36.9 Å². The van der Waals surface area contributed by atoms with Crippen LogP contribution in [0.15, 0.2) is 46.9 Å². The van der Waals surface area contributed by atoms with Crippen LogP contribution in [0.2, 0.25) is 0 Å². The van der Waals surface area contributed by atoms with Crippen LogP contribution in [0, 0.1) is 0 Å². The van der Waals surface area contributed by atoms with E-state index in [0.29, 0.717) is 0 Å². The third kappa shape index (κ3) is 4.53. The van der Waals surface area contributed by atoms with E-state index in [1.807, 2.05) is 48.9 Å². The van der Waals surface area contributed by atoms with Crippen molar-refractivity contribution in [2.75, 3.05) is 5.32 Å². The highest BCUT2D eigenvalue weighted by atomic mass is 32.2. The molecule has 3 aromatic rings. The zero-order chi connectivity index (χ0) is 18.5. The van der Waals surface area contributed by atoms with Crippen molar-refractivity contribution in [2.24, 2.45) is 7.05 Å². The highest BCUT2D eigenvalue weighted by Gasteiger charge is 2.19. The second-order valence-electron chi connectivity index (χ2n) is 6.01. The Morgan fingerprint density at radius 1 is 1.27 bits per heavy atom. The Labute approximate surface area is 161 Å². The van der Waals surface area contributed by atoms with E-state index >= 15 is 0 Å². The smallest absolute Gasteiger partial charge is 0.237 e. The molecule has 2 aromatic heterocycles. The first-order chi connectivity index (χ1) is 12.6. The van der Waals surface area contributed by atoms with Gasteiger partial charge in [0.05, 0.1) is 5.25 Å². The summed E-state index contributed by atoms with van der Waals surface area (Å²) in [5.74, 6) is 0.861. The maximum atomic E-state index is 12.5. The van der Waals surface area contributed by atoms with Gasteiger partial charge in [0.25, 0.3) is 0 Å². The average molecular weight is 387 g/mol. The molecule has 26 heavy (non-hydrogen) atoms. The molecule has 0 fully saturated rings. The van der Waals surface area contributed by atoms with Crippen LogP contribution >= 0.6 is 23.1 Å². The lowest BCUT2D eigenvalue weighted by Crippen LogP contribution is -2.22. The van der Waals surface area contributed by atoms with E-state index in [2.05, 4.69) is 33.9 Å². The summed E-state index contributed by atoms with van der Waals surface area (Å²) in [6.07, 6.45) is 1.74. The number of amides is 1. The second-order valence-corrected chi connectivity index (χ2v) is 8.35. The van der Waals surface area contributed by atoms with E-state index < -0.39 is 0 Å². The summed E-state index contributed by atoms with van der Waals surface area (Å²) in [5.41, 5.74) is 2.07. The number of carbonyl (C=O) groups is 1. The van der Waals surface area contributed by atoms with Gasteiger partial charge in [0.1, 0.15) is 5.82 Å². The fraction of sp³-hybridized carbons (Fsp3) is 0.316. The SMILES string of the molecule is CCc1ccc(NC(=O)[C@@H](C)Sc2nnc(Cc3cccs3)n2C)cc1. The van der Waals surface area contributed by atoms with Crippen molar-refractivity contribution in [1.82, 2.24) is 14.8 Å². The minimum absolute atomic E-state index is 0.0398. The normalized spacial score (nSPS) is 12.1. The fourth-order valence-electron chi connectivity index (χ4n) is 2.45. The van der Waals surface area contributed by atoms with Crippen LogP contribution in [0.3, 0.4) is 0 Å². The molecule has 0 saturated carbocycles. The molecule has 0 bridgehead atoms. The molecular weight excluding hydrogens is 364 g/mol. The predicted molar refractivity (Wildman–Crippen MR) is 108 cm³/mol. The van der Waals surface area contributed by atoms with Crippen LogP contribution in [0.5, 0.6) is 0 Å². The summed E-state index contributed by atoms with van der Waals surface area (Å²) in [5, 5.41) is 14.0. The molecule has 0 unspecified atom stereocenters. The number of thiophene rings is 1. The van der Waals surface area contributed by atoms with E-state index in [-0.39, 0.29) is 11.2 Å². The van der Waals surface area contributed by atoms with Gasteiger partial charge in [0.2, 0.25) is 5.91 Å². The number of benzene rings is 1. The van der Waals surface area contributed by atoms with Crippen molar-refractivity contribution in [3.63, 3.8) is 0 Å². The van der Waals surface area contributed by atoms with E-state index in [0.717, 1.165) is 29.5 Å². The number of thioether (sulfide) groups is 1. The van der Waals surface area contributed by atoms with E-state index in [1.54, 1.807) is 11.3 Å². The third-order valence-electron chi connectivity index (χ3n) is 4.12.